The van der Waals surface area contributed by atoms with Gasteiger partial charge in [0, 0.05) is 104 Å². The van der Waals surface area contributed by atoms with Gasteiger partial charge in [0.1, 0.15) is 48.3 Å². The van der Waals surface area contributed by atoms with Gasteiger partial charge in [-0.1, -0.05) is 6.92 Å². The Labute approximate surface area is 398 Å². The van der Waals surface area contributed by atoms with Crippen molar-refractivity contribution in [3.05, 3.63) is 12.1 Å². The molecule has 0 aliphatic rings. The molecule has 1 unspecified atom stereocenters. The second kappa shape index (κ2) is 25.8. The van der Waals surface area contributed by atoms with Crippen LogP contribution < -0.4 is 5.11 Å². The number of rotatable bonds is 22. The Kier molecular flexibility index (Phi) is 23.5. The zero-order valence-electron chi connectivity index (χ0n) is 44.1. The Morgan fingerprint density at radius 3 is 0.821 bits per heavy atom. The van der Waals surface area contributed by atoms with Crippen molar-refractivity contribution in [3.63, 3.8) is 0 Å². The topological polar surface area (TPSA) is 229 Å². The zero-order chi connectivity index (χ0) is 53.0. The summed E-state index contributed by atoms with van der Waals surface area (Å²) < 4.78 is 0. The molecule has 0 rings (SSSR count). The van der Waals surface area contributed by atoms with Crippen LogP contribution in [0.5, 0.6) is 0 Å². The Morgan fingerprint density at radius 1 is 0.373 bits per heavy atom. The van der Waals surface area contributed by atoms with Gasteiger partial charge in [0.15, 0.2) is 0 Å². The minimum Gasteiger partial charge on any atom is -0.859 e. The molecular formula is C45H80N11O11-. The van der Waals surface area contributed by atoms with E-state index in [2.05, 4.69) is 0 Å². The maximum absolute atomic E-state index is 13.7. The molecule has 0 aliphatic carbocycles. The molecule has 22 heteroatoms. The standard InChI is InChI=1S/C45H81N11O11/c1-23-46(12)37(59)26(2)24-47(13)36(58)25-48(14)38(60)27(3)50(16)40(62)29(5)52(18)42(64)31(7)54(20)44(66)33(9)56(22)45(67)34(10)55(21)43(65)32(8)53(19)41(63)30(6)51(17)39(61)28(4)49(15)35(11)57/h25-34,58H,23-24H2,1-22H3/p-1/t26-,27+,28+,29?,30+,31+,32-,33+,34+/m1/s1. The van der Waals surface area contributed by atoms with E-state index in [4.69, 9.17) is 0 Å². The van der Waals surface area contributed by atoms with E-state index in [9.17, 15) is 53.1 Å². The quantitative estimate of drug-likeness (QED) is 0.112. The second-order valence-electron chi connectivity index (χ2n) is 17.7. The molecule has 0 radical (unpaired) electrons. The van der Waals surface area contributed by atoms with Crippen molar-refractivity contribution in [2.24, 2.45) is 5.92 Å². The van der Waals surface area contributed by atoms with Crippen LogP contribution in [0.3, 0.4) is 0 Å². The van der Waals surface area contributed by atoms with Gasteiger partial charge in [-0.2, -0.15) is 0 Å². The van der Waals surface area contributed by atoms with Crippen molar-refractivity contribution in [1.82, 2.24) is 53.9 Å². The van der Waals surface area contributed by atoms with Crippen molar-refractivity contribution < 1.29 is 53.1 Å². The first-order valence-electron chi connectivity index (χ1n) is 22.3. The van der Waals surface area contributed by atoms with Crippen LogP contribution in [0.4, 0.5) is 0 Å². The van der Waals surface area contributed by atoms with E-state index in [0.717, 1.165) is 35.6 Å². The highest BCUT2D eigenvalue weighted by atomic mass is 16.3. The van der Waals surface area contributed by atoms with Crippen LogP contribution >= 0.6 is 0 Å². The number of amides is 10. The molecule has 22 nitrogen and oxygen atoms in total. The predicted molar refractivity (Wildman–Crippen MR) is 249 cm³/mol. The summed E-state index contributed by atoms with van der Waals surface area (Å²) in [7, 11) is 15.8. The maximum atomic E-state index is 13.7. The van der Waals surface area contributed by atoms with Crippen molar-refractivity contribution in [3.8, 4) is 0 Å². The van der Waals surface area contributed by atoms with Crippen LogP contribution in [0.2, 0.25) is 0 Å². The second-order valence-corrected chi connectivity index (χ2v) is 17.7. The third kappa shape index (κ3) is 15.0. The van der Waals surface area contributed by atoms with Crippen LogP contribution in [0.15, 0.2) is 12.1 Å². The number of carbonyl (C=O) groups excluding carboxylic acids is 10. The molecule has 382 valence electrons. The largest absolute Gasteiger partial charge is 0.859 e. The van der Waals surface area contributed by atoms with Crippen LogP contribution in [0, 0.1) is 5.92 Å². The SMILES string of the molecule is CCN(C)C(=O)[C@H](C)CN(C)C([O-])=CN(C)C(=O)[C@H](C)N(C)C(=O)C(C)N(C)C(=O)[C@H](C)N(C)C(=O)[C@H](C)N(C)C(=O)[C@H](C)N(C)C(=O)[C@@H](C)N(C)C(=O)[C@H](C)N(C)C(=O)[C@H](C)N(C)C(C)=O. The molecule has 9 atom stereocenters. The van der Waals surface area contributed by atoms with Crippen molar-refractivity contribution in [1.29, 1.82) is 0 Å². The molecule has 0 aromatic carbocycles. The number of carbonyl (C=O) groups is 10. The van der Waals surface area contributed by atoms with E-state index < -0.39 is 107 Å². The number of likely N-dealkylation sites (N-methyl/N-ethyl adjacent to an activating group) is 9. The highest BCUT2D eigenvalue weighted by Gasteiger charge is 2.39. The van der Waals surface area contributed by atoms with Gasteiger partial charge in [-0.3, -0.25) is 47.9 Å². The molecule has 0 aromatic heterocycles. The lowest BCUT2D eigenvalue weighted by atomic mass is 10.1. The monoisotopic (exact) mass is 951 g/mol. The molecule has 0 aliphatic heterocycles. The number of hydrogen-bond acceptors (Lipinski definition) is 12. The lowest BCUT2D eigenvalue weighted by molar-refractivity contribution is -0.332. The Bertz CT molecular complexity index is 1860. The first-order chi connectivity index (χ1) is 30.6. The van der Waals surface area contributed by atoms with Crippen LogP contribution in [0.25, 0.3) is 0 Å². The average molecular weight is 951 g/mol. The zero-order valence-corrected chi connectivity index (χ0v) is 44.1. The Hall–Kier alpha value is -5.96. The van der Waals surface area contributed by atoms with Gasteiger partial charge in [0.2, 0.25) is 59.1 Å². The minimum atomic E-state index is -1.12. The van der Waals surface area contributed by atoms with Crippen molar-refractivity contribution in [2.75, 3.05) is 90.6 Å². The van der Waals surface area contributed by atoms with E-state index in [1.165, 1.54) is 145 Å². The van der Waals surface area contributed by atoms with Gasteiger partial charge in [0.05, 0.1) is 5.92 Å². The molecule has 0 fully saturated rings. The van der Waals surface area contributed by atoms with Gasteiger partial charge in [-0.05, 0) is 68.2 Å². The van der Waals surface area contributed by atoms with Crippen molar-refractivity contribution >= 4 is 59.1 Å². The summed E-state index contributed by atoms with van der Waals surface area (Å²) in [5, 5.41) is 12.9. The Morgan fingerprint density at radius 2 is 0.597 bits per heavy atom. The third-order valence-corrected chi connectivity index (χ3v) is 13.3. The molecule has 0 bridgehead atoms. The summed E-state index contributed by atoms with van der Waals surface area (Å²) in [6, 6.07) is -8.38. The summed E-state index contributed by atoms with van der Waals surface area (Å²) in [6.45, 7) is 17.4. The molecule has 0 N–H and O–H groups in total. The van der Waals surface area contributed by atoms with Crippen LogP contribution in [-0.4, -0.2) is 252 Å². The smallest absolute Gasteiger partial charge is 0.248 e. The summed E-state index contributed by atoms with van der Waals surface area (Å²) >= 11 is 0. The van der Waals surface area contributed by atoms with E-state index >= 15 is 0 Å². The van der Waals surface area contributed by atoms with Gasteiger partial charge < -0.3 is 59.0 Å². The lowest BCUT2D eigenvalue weighted by Crippen LogP contribution is -2.59. The fourth-order valence-electron chi connectivity index (χ4n) is 6.73. The molecular weight excluding hydrogens is 871 g/mol. The van der Waals surface area contributed by atoms with Gasteiger partial charge >= 0.3 is 0 Å². The predicted octanol–water partition coefficient (Wildman–Crippen LogP) is -1.55. The van der Waals surface area contributed by atoms with E-state index in [1.807, 2.05) is 6.92 Å². The summed E-state index contributed by atoms with van der Waals surface area (Å²) in [5.74, 6) is -6.11. The summed E-state index contributed by atoms with van der Waals surface area (Å²) in [6.07, 6.45) is 1.08. The van der Waals surface area contributed by atoms with Crippen LogP contribution in [-0.2, 0) is 47.9 Å². The van der Waals surface area contributed by atoms with Gasteiger partial charge in [-0.15, -0.1) is 0 Å². The van der Waals surface area contributed by atoms with Gasteiger partial charge in [0.25, 0.3) is 0 Å². The molecule has 0 saturated heterocycles. The molecule has 0 saturated carbocycles. The fourth-order valence-corrected chi connectivity index (χ4v) is 6.73. The van der Waals surface area contributed by atoms with Gasteiger partial charge in [-0.25, -0.2) is 0 Å². The lowest BCUT2D eigenvalue weighted by Gasteiger charge is -2.37. The van der Waals surface area contributed by atoms with E-state index in [0.29, 0.717) is 6.54 Å². The summed E-state index contributed by atoms with van der Waals surface area (Å²) in [5.41, 5.74) is 0. The third-order valence-electron chi connectivity index (χ3n) is 13.3. The molecule has 0 heterocycles. The highest BCUT2D eigenvalue weighted by molar-refractivity contribution is 5.97. The number of nitrogens with zero attached hydrogens (tertiary/aromatic N) is 11. The molecule has 67 heavy (non-hydrogen) atoms. The first-order valence-corrected chi connectivity index (χ1v) is 22.3. The molecule has 0 aromatic rings. The number of hydrogen-bond donors (Lipinski definition) is 0. The maximum Gasteiger partial charge on any atom is 0.248 e. The van der Waals surface area contributed by atoms with E-state index in [1.54, 1.807) is 25.8 Å². The van der Waals surface area contributed by atoms with Crippen LogP contribution in [0.1, 0.15) is 76.2 Å². The molecule has 0 spiro atoms. The minimum absolute atomic E-state index is 0.122. The fraction of sp³-hybridized carbons (Fsp3) is 0.733. The first kappa shape index (κ1) is 61.0. The normalized spacial score (nSPS) is 15.3. The van der Waals surface area contributed by atoms with E-state index in [-0.39, 0.29) is 18.4 Å². The average Bonchev–Trinajstić information content (AvgIpc) is 3.31. The van der Waals surface area contributed by atoms with Crippen molar-refractivity contribution in [2.45, 2.75) is 124 Å². The highest BCUT2D eigenvalue weighted by Crippen LogP contribution is 2.16. The molecule has 10 amide bonds. The Balaban J connectivity index is 5.75. The summed E-state index contributed by atoms with van der Waals surface area (Å²) in [4.78, 5) is 146.